The van der Waals surface area contributed by atoms with E-state index in [1.165, 1.54) is 6.42 Å². The molecular weight excluding hydrogens is 216 g/mol. The van der Waals surface area contributed by atoms with Gasteiger partial charge in [0.05, 0.1) is 6.61 Å². The summed E-state index contributed by atoms with van der Waals surface area (Å²) in [6.07, 6.45) is 1.07. The van der Waals surface area contributed by atoms with Crippen molar-refractivity contribution in [1.82, 2.24) is 0 Å². The summed E-state index contributed by atoms with van der Waals surface area (Å²) >= 11 is 0. The molecule has 0 aliphatic rings. The minimum absolute atomic E-state index is 0.183. The highest BCUT2D eigenvalue weighted by atomic mass is 16.5. The summed E-state index contributed by atoms with van der Waals surface area (Å²) in [7, 11) is 0. The molecule has 1 aromatic rings. The van der Waals surface area contributed by atoms with Crippen LogP contribution in [0.2, 0.25) is 0 Å². The number of carbonyl (C=O) groups is 2. The van der Waals surface area contributed by atoms with Crippen LogP contribution in [-0.2, 0) is 9.53 Å². The van der Waals surface area contributed by atoms with Gasteiger partial charge in [0, 0.05) is 5.56 Å². The lowest BCUT2D eigenvalue weighted by molar-refractivity contribution is -0.141. The molecule has 0 aromatic heterocycles. The normalized spacial score (nSPS) is 8.88. The molecule has 0 fully saturated rings. The van der Waals surface area contributed by atoms with Crippen LogP contribution in [0.5, 0.6) is 0 Å². The van der Waals surface area contributed by atoms with Gasteiger partial charge in [0.15, 0.2) is 5.78 Å². The van der Waals surface area contributed by atoms with Crippen LogP contribution in [0.1, 0.15) is 44.0 Å². The van der Waals surface area contributed by atoms with E-state index in [9.17, 15) is 9.59 Å². The van der Waals surface area contributed by atoms with Crippen LogP contribution in [0.25, 0.3) is 0 Å². The highest BCUT2D eigenvalue weighted by Gasteiger charge is 2.11. The van der Waals surface area contributed by atoms with Crippen LogP contribution in [-0.4, -0.2) is 18.4 Å². The lowest BCUT2D eigenvalue weighted by Crippen LogP contribution is -2.11. The number of hydrogen-bond acceptors (Lipinski definition) is 3. The van der Waals surface area contributed by atoms with Gasteiger partial charge in [-0.2, -0.15) is 0 Å². The Morgan fingerprint density at radius 3 is 2.06 bits per heavy atom. The molecule has 94 valence electrons. The smallest absolute Gasteiger partial charge is 0.313 e. The Bertz CT molecular complexity index is 331. The van der Waals surface area contributed by atoms with Crippen molar-refractivity contribution < 1.29 is 14.3 Å². The Morgan fingerprint density at radius 2 is 1.59 bits per heavy atom. The lowest BCUT2D eigenvalue weighted by atomic mass is 10.1. The molecule has 0 atom stereocenters. The number of ether oxygens (including phenoxy) is 1. The van der Waals surface area contributed by atoms with Gasteiger partial charge in [0.2, 0.25) is 0 Å². The summed E-state index contributed by atoms with van der Waals surface area (Å²) < 4.78 is 4.67. The molecule has 0 radical (unpaired) electrons. The Labute approximate surface area is 103 Å². The molecule has 17 heavy (non-hydrogen) atoms. The molecule has 3 nitrogen and oxygen atoms in total. The summed E-state index contributed by atoms with van der Waals surface area (Å²) in [5, 5.41) is 0. The minimum atomic E-state index is -0.471. The molecule has 1 rings (SSSR count). The highest BCUT2D eigenvalue weighted by molar-refractivity contribution is 6.05. The van der Waals surface area contributed by atoms with Crippen LogP contribution >= 0.6 is 0 Å². The number of benzene rings is 1. The molecule has 0 amide bonds. The lowest BCUT2D eigenvalue weighted by Gasteiger charge is -2.00. The first kappa shape index (κ1) is 15.4. The van der Waals surface area contributed by atoms with Crippen LogP contribution in [0, 0.1) is 0 Å². The zero-order valence-electron chi connectivity index (χ0n) is 10.7. The zero-order chi connectivity index (χ0) is 13.1. The fourth-order valence-electron chi connectivity index (χ4n) is 1.07. The number of esters is 1. The quantitative estimate of drug-likeness (QED) is 0.458. The molecule has 0 spiro atoms. The van der Waals surface area contributed by atoms with Crippen LogP contribution in [0.4, 0.5) is 0 Å². The van der Waals surface area contributed by atoms with E-state index in [1.54, 1.807) is 31.2 Å². The van der Waals surface area contributed by atoms with Gasteiger partial charge in [0.25, 0.3) is 0 Å². The van der Waals surface area contributed by atoms with E-state index in [1.807, 2.05) is 6.07 Å². The molecule has 0 aliphatic heterocycles. The zero-order valence-corrected chi connectivity index (χ0v) is 10.7. The van der Waals surface area contributed by atoms with Crippen molar-refractivity contribution in [1.29, 1.82) is 0 Å². The Hall–Kier alpha value is -1.64. The molecular formula is C14H20O3. The van der Waals surface area contributed by atoms with Gasteiger partial charge >= 0.3 is 5.97 Å². The number of ketones is 1. The maximum absolute atomic E-state index is 11.4. The fraction of sp³-hybridized carbons (Fsp3) is 0.429. The van der Waals surface area contributed by atoms with E-state index >= 15 is 0 Å². The molecule has 0 N–H and O–H groups in total. The van der Waals surface area contributed by atoms with Crippen LogP contribution in [0.15, 0.2) is 30.3 Å². The molecule has 0 heterocycles. The van der Waals surface area contributed by atoms with Crippen LogP contribution in [0.3, 0.4) is 0 Å². The molecule has 0 saturated heterocycles. The minimum Gasteiger partial charge on any atom is -0.466 e. The van der Waals surface area contributed by atoms with E-state index in [4.69, 9.17) is 0 Å². The summed E-state index contributed by atoms with van der Waals surface area (Å²) in [6.45, 7) is 6.27. The first-order valence-corrected chi connectivity index (χ1v) is 5.89. The van der Waals surface area contributed by atoms with E-state index in [0.29, 0.717) is 12.2 Å². The number of rotatable bonds is 4. The Balaban J connectivity index is 0.000000770. The predicted octanol–water partition coefficient (Wildman–Crippen LogP) is 3.24. The van der Waals surface area contributed by atoms with E-state index in [2.05, 4.69) is 18.6 Å². The summed E-state index contributed by atoms with van der Waals surface area (Å²) in [6, 6.07) is 8.71. The largest absolute Gasteiger partial charge is 0.466 e. The SMILES string of the molecule is CCC.CCOC(=O)CC(=O)c1ccccc1. The standard InChI is InChI=1S/C11H12O3.C3H8/c1-2-14-11(13)8-10(12)9-6-4-3-5-7-9;1-3-2/h3-7H,2,8H2,1H3;3H2,1-2H3. The molecule has 0 bridgehead atoms. The molecule has 0 saturated carbocycles. The number of carbonyl (C=O) groups excluding carboxylic acids is 2. The summed E-state index contributed by atoms with van der Waals surface area (Å²) in [4.78, 5) is 22.4. The maximum atomic E-state index is 11.4. The van der Waals surface area contributed by atoms with Gasteiger partial charge in [-0.1, -0.05) is 50.6 Å². The molecule has 0 aliphatic carbocycles. The summed E-state index contributed by atoms with van der Waals surface area (Å²) in [5.41, 5.74) is 0.542. The molecule has 1 aromatic carbocycles. The van der Waals surface area contributed by atoms with Crippen LogP contribution < -0.4 is 0 Å². The summed E-state index contributed by atoms with van der Waals surface area (Å²) in [5.74, 6) is -0.676. The Kier molecular flexibility index (Phi) is 8.65. The van der Waals surface area contributed by atoms with Gasteiger partial charge in [-0.25, -0.2) is 0 Å². The first-order chi connectivity index (χ1) is 8.15. The fourth-order valence-corrected chi connectivity index (χ4v) is 1.07. The first-order valence-electron chi connectivity index (χ1n) is 5.89. The van der Waals surface area contributed by atoms with E-state index in [0.717, 1.165) is 0 Å². The van der Waals surface area contributed by atoms with E-state index < -0.39 is 5.97 Å². The van der Waals surface area contributed by atoms with Crippen molar-refractivity contribution >= 4 is 11.8 Å². The van der Waals surface area contributed by atoms with Gasteiger partial charge < -0.3 is 4.74 Å². The third kappa shape index (κ3) is 7.28. The topological polar surface area (TPSA) is 43.4 Å². The second kappa shape index (κ2) is 9.58. The average molecular weight is 236 g/mol. The predicted molar refractivity (Wildman–Crippen MR) is 68.0 cm³/mol. The monoisotopic (exact) mass is 236 g/mol. The van der Waals surface area contributed by atoms with Gasteiger partial charge in [-0.15, -0.1) is 0 Å². The number of hydrogen-bond donors (Lipinski definition) is 0. The van der Waals surface area contributed by atoms with Crippen molar-refractivity contribution in [3.05, 3.63) is 35.9 Å². The molecule has 0 unspecified atom stereocenters. The molecule has 3 heteroatoms. The van der Waals surface area contributed by atoms with Crippen molar-refractivity contribution in [3.63, 3.8) is 0 Å². The van der Waals surface area contributed by atoms with Crippen molar-refractivity contribution in [2.75, 3.05) is 6.61 Å². The van der Waals surface area contributed by atoms with Crippen molar-refractivity contribution in [2.45, 2.75) is 33.6 Å². The van der Waals surface area contributed by atoms with Gasteiger partial charge in [-0.05, 0) is 6.92 Å². The third-order valence-electron chi connectivity index (χ3n) is 1.71. The van der Waals surface area contributed by atoms with Gasteiger partial charge in [0.1, 0.15) is 6.42 Å². The highest BCUT2D eigenvalue weighted by Crippen LogP contribution is 2.03. The third-order valence-corrected chi connectivity index (χ3v) is 1.71. The maximum Gasteiger partial charge on any atom is 0.313 e. The average Bonchev–Trinajstić information content (AvgIpc) is 2.31. The van der Waals surface area contributed by atoms with Crippen molar-refractivity contribution in [2.24, 2.45) is 0 Å². The van der Waals surface area contributed by atoms with E-state index in [-0.39, 0.29) is 12.2 Å². The van der Waals surface area contributed by atoms with Gasteiger partial charge in [-0.3, -0.25) is 9.59 Å². The second-order valence-corrected chi connectivity index (χ2v) is 3.48. The second-order valence-electron chi connectivity index (χ2n) is 3.48. The van der Waals surface area contributed by atoms with Crippen molar-refractivity contribution in [3.8, 4) is 0 Å². The Morgan fingerprint density at radius 1 is 1.06 bits per heavy atom. The number of Topliss-reactive ketones (excluding diaryl/α,β-unsaturated/α-hetero) is 1.